The number of aliphatic carboxylic acids is 1. The minimum atomic E-state index is -0.602. The van der Waals surface area contributed by atoms with Crippen LogP contribution in [0.5, 0.6) is 0 Å². The average molecular weight is 273 g/mol. The number of carboxylic acids is 1. The lowest BCUT2D eigenvalue weighted by molar-refractivity contribution is -0.144. The van der Waals surface area contributed by atoms with Crippen molar-refractivity contribution in [1.29, 1.82) is 0 Å². The molecule has 1 aromatic carbocycles. The van der Waals surface area contributed by atoms with Gasteiger partial charge in [-0.1, -0.05) is 43.7 Å². The van der Waals surface area contributed by atoms with Crippen molar-refractivity contribution < 1.29 is 9.90 Å². The minimum Gasteiger partial charge on any atom is -0.481 e. The van der Waals surface area contributed by atoms with Gasteiger partial charge in [0.05, 0.1) is 5.92 Å². The van der Waals surface area contributed by atoms with Gasteiger partial charge >= 0.3 is 5.97 Å². The Morgan fingerprint density at radius 3 is 2.75 bits per heavy atom. The maximum absolute atomic E-state index is 11.6. The molecular weight excluding hydrogens is 250 g/mol. The quantitative estimate of drug-likeness (QED) is 0.920. The lowest BCUT2D eigenvalue weighted by atomic mass is 9.76. The van der Waals surface area contributed by atoms with E-state index < -0.39 is 5.97 Å². The van der Waals surface area contributed by atoms with Crippen LogP contribution in [0, 0.1) is 17.3 Å². The Hall–Kier alpha value is -1.35. The molecule has 3 nitrogen and oxygen atoms in total. The first kappa shape index (κ1) is 13.6. The molecule has 0 radical (unpaired) electrons. The topological polar surface area (TPSA) is 40.5 Å². The fraction of sp³-hybridized carbons (Fsp3) is 0.588. The highest BCUT2D eigenvalue weighted by Crippen LogP contribution is 2.51. The van der Waals surface area contributed by atoms with Crippen molar-refractivity contribution >= 4 is 5.97 Å². The Labute approximate surface area is 120 Å². The first-order chi connectivity index (χ1) is 9.59. The fourth-order valence-corrected chi connectivity index (χ4v) is 4.27. The summed E-state index contributed by atoms with van der Waals surface area (Å²) in [5.41, 5.74) is 1.31. The summed E-state index contributed by atoms with van der Waals surface area (Å²) in [6.07, 6.45) is 3.34. The van der Waals surface area contributed by atoms with E-state index in [4.69, 9.17) is 0 Å². The standard InChI is InChI=1S/C17H23NO2/c1-13-7-8-17(9-13)12-18(11-15(17)16(19)20)10-14-5-3-2-4-6-14/h2-6,13,15H,7-12H2,1H3,(H,19,20). The zero-order valence-electron chi connectivity index (χ0n) is 12.1. The zero-order chi connectivity index (χ0) is 14.2. The number of nitrogens with zero attached hydrogens (tertiary/aromatic N) is 1. The number of hydrogen-bond acceptors (Lipinski definition) is 2. The van der Waals surface area contributed by atoms with Crippen LogP contribution in [0.25, 0.3) is 0 Å². The zero-order valence-corrected chi connectivity index (χ0v) is 12.1. The molecule has 1 spiro atoms. The molecule has 2 aliphatic rings. The lowest BCUT2D eigenvalue weighted by Gasteiger charge is -2.27. The summed E-state index contributed by atoms with van der Waals surface area (Å²) < 4.78 is 0. The van der Waals surface area contributed by atoms with Crippen LogP contribution >= 0.6 is 0 Å². The minimum absolute atomic E-state index is 0.0278. The molecule has 1 aliphatic heterocycles. The van der Waals surface area contributed by atoms with E-state index in [0.717, 1.165) is 25.9 Å². The Kier molecular flexibility index (Phi) is 3.55. The van der Waals surface area contributed by atoms with Crippen molar-refractivity contribution in [3.63, 3.8) is 0 Å². The van der Waals surface area contributed by atoms with Gasteiger partial charge in [0, 0.05) is 19.6 Å². The van der Waals surface area contributed by atoms with Gasteiger partial charge in [0.15, 0.2) is 0 Å². The number of likely N-dealkylation sites (tertiary alicyclic amines) is 1. The summed E-state index contributed by atoms with van der Waals surface area (Å²) in [6, 6.07) is 10.4. The van der Waals surface area contributed by atoms with E-state index in [1.165, 1.54) is 12.0 Å². The summed E-state index contributed by atoms with van der Waals surface area (Å²) in [5, 5.41) is 9.58. The molecule has 3 unspecified atom stereocenters. The number of carbonyl (C=O) groups is 1. The van der Waals surface area contributed by atoms with Crippen LogP contribution in [-0.2, 0) is 11.3 Å². The van der Waals surface area contributed by atoms with E-state index in [9.17, 15) is 9.90 Å². The summed E-state index contributed by atoms with van der Waals surface area (Å²) >= 11 is 0. The molecule has 2 fully saturated rings. The molecule has 3 rings (SSSR count). The van der Waals surface area contributed by atoms with Crippen LogP contribution in [0.2, 0.25) is 0 Å². The number of hydrogen-bond donors (Lipinski definition) is 1. The molecule has 1 saturated carbocycles. The van der Waals surface area contributed by atoms with Crippen LogP contribution in [0.15, 0.2) is 30.3 Å². The molecule has 0 aromatic heterocycles. The second kappa shape index (κ2) is 5.21. The monoisotopic (exact) mass is 273 g/mol. The fourth-order valence-electron chi connectivity index (χ4n) is 4.27. The molecular formula is C17H23NO2. The largest absolute Gasteiger partial charge is 0.481 e. The van der Waals surface area contributed by atoms with Gasteiger partial charge in [0.25, 0.3) is 0 Å². The molecule has 1 saturated heterocycles. The van der Waals surface area contributed by atoms with Gasteiger partial charge < -0.3 is 5.11 Å². The molecule has 0 bridgehead atoms. The van der Waals surface area contributed by atoms with Crippen LogP contribution < -0.4 is 0 Å². The van der Waals surface area contributed by atoms with Gasteiger partial charge in [-0.15, -0.1) is 0 Å². The van der Waals surface area contributed by atoms with Gasteiger partial charge in [-0.2, -0.15) is 0 Å². The molecule has 108 valence electrons. The molecule has 1 N–H and O–H groups in total. The van der Waals surface area contributed by atoms with Crippen molar-refractivity contribution in [3.05, 3.63) is 35.9 Å². The van der Waals surface area contributed by atoms with Crippen molar-refractivity contribution in [2.75, 3.05) is 13.1 Å². The van der Waals surface area contributed by atoms with Crippen molar-refractivity contribution in [2.24, 2.45) is 17.3 Å². The number of benzene rings is 1. The predicted molar refractivity (Wildman–Crippen MR) is 78.3 cm³/mol. The van der Waals surface area contributed by atoms with Gasteiger partial charge in [-0.05, 0) is 29.7 Å². The second-order valence-electron chi connectivity index (χ2n) is 6.76. The van der Waals surface area contributed by atoms with E-state index in [2.05, 4.69) is 24.0 Å². The first-order valence-corrected chi connectivity index (χ1v) is 7.58. The van der Waals surface area contributed by atoms with E-state index in [1.807, 2.05) is 18.2 Å². The predicted octanol–water partition coefficient (Wildman–Crippen LogP) is 3.01. The third-order valence-corrected chi connectivity index (χ3v) is 5.16. The molecule has 1 aliphatic carbocycles. The van der Waals surface area contributed by atoms with Crippen molar-refractivity contribution in [2.45, 2.75) is 32.7 Å². The third-order valence-electron chi connectivity index (χ3n) is 5.16. The molecule has 3 atom stereocenters. The molecule has 0 amide bonds. The smallest absolute Gasteiger partial charge is 0.308 e. The van der Waals surface area contributed by atoms with Crippen LogP contribution in [-0.4, -0.2) is 29.1 Å². The highest BCUT2D eigenvalue weighted by Gasteiger charge is 2.52. The second-order valence-corrected chi connectivity index (χ2v) is 6.76. The molecule has 1 heterocycles. The molecule has 20 heavy (non-hydrogen) atoms. The Morgan fingerprint density at radius 2 is 2.15 bits per heavy atom. The van der Waals surface area contributed by atoms with E-state index in [-0.39, 0.29) is 11.3 Å². The summed E-state index contributed by atoms with van der Waals surface area (Å²) in [7, 11) is 0. The Bertz CT molecular complexity index is 487. The van der Waals surface area contributed by atoms with Crippen molar-refractivity contribution in [3.8, 4) is 0 Å². The summed E-state index contributed by atoms with van der Waals surface area (Å²) in [4.78, 5) is 14.0. The third kappa shape index (κ3) is 2.47. The molecule has 3 heteroatoms. The highest BCUT2D eigenvalue weighted by atomic mass is 16.4. The summed E-state index contributed by atoms with van der Waals surface area (Å²) in [6.45, 7) is 4.79. The molecule has 1 aromatic rings. The lowest BCUT2D eigenvalue weighted by Crippen LogP contribution is -2.32. The number of rotatable bonds is 3. The van der Waals surface area contributed by atoms with Gasteiger partial charge in [-0.3, -0.25) is 9.69 Å². The average Bonchev–Trinajstić information content (AvgIpc) is 2.95. The SMILES string of the molecule is CC1CCC2(C1)CN(Cc1ccccc1)CC2C(=O)O. The van der Waals surface area contributed by atoms with Crippen LogP contribution in [0.4, 0.5) is 0 Å². The van der Waals surface area contributed by atoms with E-state index >= 15 is 0 Å². The highest BCUT2D eigenvalue weighted by molar-refractivity contribution is 5.72. The van der Waals surface area contributed by atoms with Crippen LogP contribution in [0.1, 0.15) is 31.7 Å². The van der Waals surface area contributed by atoms with E-state index in [1.54, 1.807) is 0 Å². The first-order valence-electron chi connectivity index (χ1n) is 7.58. The van der Waals surface area contributed by atoms with E-state index in [0.29, 0.717) is 12.5 Å². The maximum atomic E-state index is 11.6. The van der Waals surface area contributed by atoms with Gasteiger partial charge in [0.1, 0.15) is 0 Å². The Morgan fingerprint density at radius 1 is 1.40 bits per heavy atom. The maximum Gasteiger partial charge on any atom is 0.308 e. The van der Waals surface area contributed by atoms with Gasteiger partial charge in [-0.25, -0.2) is 0 Å². The van der Waals surface area contributed by atoms with Crippen LogP contribution in [0.3, 0.4) is 0 Å². The number of carboxylic acid groups (broad SMARTS) is 1. The van der Waals surface area contributed by atoms with Crippen molar-refractivity contribution in [1.82, 2.24) is 4.90 Å². The Balaban J connectivity index is 1.75. The normalized spacial score (nSPS) is 33.9. The van der Waals surface area contributed by atoms with Gasteiger partial charge in [0.2, 0.25) is 0 Å². The summed E-state index contributed by atoms with van der Waals surface area (Å²) in [5.74, 6) is -0.112.